The lowest BCUT2D eigenvalue weighted by molar-refractivity contribution is -0.124. The number of nitrogens with one attached hydrogen (secondary N) is 2. The lowest BCUT2D eigenvalue weighted by Gasteiger charge is -2.21. The van der Waals surface area contributed by atoms with Crippen LogP contribution in [0.2, 0.25) is 0 Å². The molecule has 0 fully saturated rings. The second-order valence-electron chi connectivity index (χ2n) is 5.89. The molecule has 2 rings (SSSR count). The van der Waals surface area contributed by atoms with Crippen LogP contribution >= 0.6 is 0 Å². The first-order chi connectivity index (χ1) is 10.3. The molecule has 2 heterocycles. The van der Waals surface area contributed by atoms with E-state index in [-0.39, 0.29) is 17.7 Å². The molecule has 1 aliphatic rings. The van der Waals surface area contributed by atoms with Crippen molar-refractivity contribution in [1.29, 1.82) is 0 Å². The van der Waals surface area contributed by atoms with Gasteiger partial charge in [0.05, 0.1) is 5.56 Å². The van der Waals surface area contributed by atoms with E-state index in [1.165, 1.54) is 0 Å². The van der Waals surface area contributed by atoms with E-state index in [4.69, 9.17) is 0 Å². The van der Waals surface area contributed by atoms with Gasteiger partial charge in [0, 0.05) is 13.2 Å². The minimum absolute atomic E-state index is 0.0448. The maximum atomic E-state index is 12.2. The van der Waals surface area contributed by atoms with Crippen molar-refractivity contribution in [2.24, 2.45) is 10.9 Å². The van der Waals surface area contributed by atoms with E-state index in [9.17, 15) is 9.59 Å². The minimum Gasteiger partial charge on any atom is -0.355 e. The molecular weight excluding hydrogens is 280 g/mol. The minimum atomic E-state index is -0.833. The van der Waals surface area contributed by atoms with Crippen molar-refractivity contribution in [1.82, 2.24) is 15.6 Å². The molecule has 2 amide bonds. The van der Waals surface area contributed by atoms with Crippen LogP contribution in [0.3, 0.4) is 0 Å². The summed E-state index contributed by atoms with van der Waals surface area (Å²) in [5.41, 5.74) is 0.961. The molecule has 22 heavy (non-hydrogen) atoms. The summed E-state index contributed by atoms with van der Waals surface area (Å²) in [6.45, 7) is 7.67. The average Bonchev–Trinajstić information content (AvgIpc) is 2.82. The summed E-state index contributed by atoms with van der Waals surface area (Å²) in [6, 6.07) is 1.79. The van der Waals surface area contributed by atoms with Crippen molar-refractivity contribution < 1.29 is 9.59 Å². The SMILES string of the molecule is CCc1cnc(C2=NC(C)(C(C)C)C(=O)N2)c(C(=O)NC)c1. The van der Waals surface area contributed by atoms with Gasteiger partial charge in [-0.1, -0.05) is 20.8 Å². The number of aryl methyl sites for hydroxylation is 1. The number of aromatic nitrogens is 1. The molecule has 0 saturated heterocycles. The van der Waals surface area contributed by atoms with Crippen molar-refractivity contribution in [2.75, 3.05) is 7.05 Å². The van der Waals surface area contributed by atoms with Gasteiger partial charge in [0.1, 0.15) is 11.2 Å². The zero-order valence-electron chi connectivity index (χ0n) is 13.7. The predicted molar refractivity (Wildman–Crippen MR) is 84.9 cm³/mol. The smallest absolute Gasteiger partial charge is 0.253 e. The molecule has 1 aromatic heterocycles. The Bertz CT molecular complexity index is 652. The fourth-order valence-corrected chi connectivity index (χ4v) is 2.25. The van der Waals surface area contributed by atoms with Gasteiger partial charge >= 0.3 is 0 Å². The second kappa shape index (κ2) is 5.87. The Morgan fingerprint density at radius 2 is 2.14 bits per heavy atom. The standard InChI is InChI=1S/C16H22N4O2/c1-6-10-7-11(14(21)17-5)12(18-8-10)13-19-15(22)16(4,20-13)9(2)3/h7-9H,6H2,1-5H3,(H,17,21)(H,19,20,22). The maximum Gasteiger partial charge on any atom is 0.253 e. The Morgan fingerprint density at radius 3 is 2.64 bits per heavy atom. The van der Waals surface area contributed by atoms with Crippen LogP contribution in [0.1, 0.15) is 49.3 Å². The first-order valence-electron chi connectivity index (χ1n) is 7.46. The van der Waals surface area contributed by atoms with Crippen molar-refractivity contribution in [3.63, 3.8) is 0 Å². The highest BCUT2D eigenvalue weighted by Crippen LogP contribution is 2.27. The number of carbonyl (C=O) groups excluding carboxylic acids is 2. The third-order valence-electron chi connectivity index (χ3n) is 4.21. The van der Waals surface area contributed by atoms with E-state index in [0.717, 1.165) is 12.0 Å². The number of rotatable bonds is 4. The predicted octanol–water partition coefficient (Wildman–Crippen LogP) is 1.29. The lowest BCUT2D eigenvalue weighted by atomic mass is 9.89. The van der Waals surface area contributed by atoms with Gasteiger partial charge in [0.2, 0.25) is 0 Å². The quantitative estimate of drug-likeness (QED) is 0.879. The molecule has 0 saturated carbocycles. The Labute approximate surface area is 130 Å². The van der Waals surface area contributed by atoms with E-state index in [1.54, 1.807) is 26.2 Å². The highest BCUT2D eigenvalue weighted by Gasteiger charge is 2.42. The molecule has 0 radical (unpaired) electrons. The summed E-state index contributed by atoms with van der Waals surface area (Å²) in [6.07, 6.45) is 2.49. The lowest BCUT2D eigenvalue weighted by Crippen LogP contribution is -2.41. The Kier molecular flexibility index (Phi) is 4.30. The molecular formula is C16H22N4O2. The number of amidine groups is 1. The van der Waals surface area contributed by atoms with E-state index in [0.29, 0.717) is 17.1 Å². The summed E-state index contributed by atoms with van der Waals surface area (Å²) >= 11 is 0. The van der Waals surface area contributed by atoms with Gasteiger partial charge in [-0.2, -0.15) is 0 Å². The van der Waals surface area contributed by atoms with E-state index < -0.39 is 5.54 Å². The maximum absolute atomic E-state index is 12.2. The second-order valence-corrected chi connectivity index (χ2v) is 5.89. The number of hydrogen-bond acceptors (Lipinski definition) is 4. The van der Waals surface area contributed by atoms with E-state index in [1.807, 2.05) is 20.8 Å². The zero-order valence-corrected chi connectivity index (χ0v) is 13.7. The van der Waals surface area contributed by atoms with Crippen LogP contribution in [0, 0.1) is 5.92 Å². The third-order valence-corrected chi connectivity index (χ3v) is 4.21. The number of carbonyl (C=O) groups is 2. The molecule has 1 unspecified atom stereocenters. The van der Waals surface area contributed by atoms with Crippen molar-refractivity contribution in [2.45, 2.75) is 39.7 Å². The van der Waals surface area contributed by atoms with Gasteiger partial charge < -0.3 is 10.6 Å². The van der Waals surface area contributed by atoms with Gasteiger partial charge in [-0.15, -0.1) is 0 Å². The first kappa shape index (κ1) is 16.1. The van der Waals surface area contributed by atoms with Gasteiger partial charge in [-0.05, 0) is 30.9 Å². The molecule has 6 heteroatoms. The van der Waals surface area contributed by atoms with E-state index >= 15 is 0 Å². The summed E-state index contributed by atoms with van der Waals surface area (Å²) in [5, 5.41) is 5.37. The Balaban J connectivity index is 2.54. The van der Waals surface area contributed by atoms with Crippen LogP contribution in [0.4, 0.5) is 0 Å². The number of nitrogens with zero attached hydrogens (tertiary/aromatic N) is 2. The molecule has 0 spiro atoms. The topological polar surface area (TPSA) is 83.5 Å². The summed E-state index contributed by atoms with van der Waals surface area (Å²) in [5.74, 6) is 0.000411. The van der Waals surface area contributed by atoms with Crippen LogP contribution in [-0.2, 0) is 11.2 Å². The molecule has 0 bridgehead atoms. The van der Waals surface area contributed by atoms with Crippen LogP contribution in [0.25, 0.3) is 0 Å². The Morgan fingerprint density at radius 1 is 1.45 bits per heavy atom. The van der Waals surface area contributed by atoms with E-state index in [2.05, 4.69) is 20.6 Å². The van der Waals surface area contributed by atoms with Crippen LogP contribution in [0.15, 0.2) is 17.3 Å². The zero-order chi connectivity index (χ0) is 16.5. The summed E-state index contributed by atoms with van der Waals surface area (Å²) < 4.78 is 0. The summed E-state index contributed by atoms with van der Waals surface area (Å²) in [4.78, 5) is 33.2. The van der Waals surface area contributed by atoms with Crippen molar-refractivity contribution in [3.05, 3.63) is 29.1 Å². The normalized spacial score (nSPS) is 20.8. The van der Waals surface area contributed by atoms with Crippen LogP contribution < -0.4 is 10.6 Å². The van der Waals surface area contributed by atoms with Gasteiger partial charge in [-0.25, -0.2) is 4.99 Å². The highest BCUT2D eigenvalue weighted by atomic mass is 16.2. The molecule has 1 atom stereocenters. The average molecular weight is 302 g/mol. The van der Waals surface area contributed by atoms with Crippen LogP contribution in [0.5, 0.6) is 0 Å². The molecule has 0 aromatic carbocycles. The third kappa shape index (κ3) is 2.61. The highest BCUT2D eigenvalue weighted by molar-refractivity contribution is 6.18. The molecule has 6 nitrogen and oxygen atoms in total. The fourth-order valence-electron chi connectivity index (χ4n) is 2.25. The fraction of sp³-hybridized carbons (Fsp3) is 0.500. The number of amides is 2. The Hall–Kier alpha value is -2.24. The van der Waals surface area contributed by atoms with Gasteiger partial charge in [0.15, 0.2) is 5.84 Å². The first-order valence-corrected chi connectivity index (χ1v) is 7.46. The molecule has 1 aromatic rings. The van der Waals surface area contributed by atoms with Crippen molar-refractivity contribution >= 4 is 17.6 Å². The molecule has 2 N–H and O–H groups in total. The molecule has 118 valence electrons. The number of hydrogen-bond donors (Lipinski definition) is 2. The molecule has 1 aliphatic heterocycles. The summed E-state index contributed by atoms with van der Waals surface area (Å²) in [7, 11) is 1.57. The number of pyridine rings is 1. The largest absolute Gasteiger partial charge is 0.355 e. The molecule has 0 aliphatic carbocycles. The van der Waals surface area contributed by atoms with Gasteiger partial charge in [0.25, 0.3) is 11.8 Å². The van der Waals surface area contributed by atoms with Crippen LogP contribution in [-0.4, -0.2) is 35.2 Å². The van der Waals surface area contributed by atoms with Crippen molar-refractivity contribution in [3.8, 4) is 0 Å². The monoisotopic (exact) mass is 302 g/mol. The van der Waals surface area contributed by atoms with Gasteiger partial charge in [-0.3, -0.25) is 14.6 Å². The number of aliphatic imine (C=N–C) groups is 1.